The number of carbonyl (C=O) groups excluding carboxylic acids is 1. The Morgan fingerprint density at radius 3 is 2.70 bits per heavy atom. The van der Waals surface area contributed by atoms with Gasteiger partial charge < -0.3 is 10.0 Å². The molecule has 2 fully saturated rings. The van der Waals surface area contributed by atoms with Crippen molar-refractivity contribution < 1.29 is 9.90 Å². The average molecular weight is 374 g/mol. The Labute approximate surface area is 165 Å². The minimum absolute atomic E-state index is 0.171. The van der Waals surface area contributed by atoms with Gasteiger partial charge >= 0.3 is 0 Å². The van der Waals surface area contributed by atoms with E-state index < -0.39 is 0 Å². The van der Waals surface area contributed by atoms with Gasteiger partial charge in [-0.3, -0.25) is 4.79 Å². The van der Waals surface area contributed by atoms with E-state index in [4.69, 9.17) is 0 Å². The molecule has 152 valence electrons. The van der Waals surface area contributed by atoms with Crippen LogP contribution in [0.25, 0.3) is 0 Å². The third-order valence-electron chi connectivity index (χ3n) is 7.04. The maximum absolute atomic E-state index is 12.5. The quantitative estimate of drug-likeness (QED) is 0.360. The van der Waals surface area contributed by atoms with E-state index in [0.717, 1.165) is 25.7 Å². The van der Waals surface area contributed by atoms with Crippen LogP contribution in [0.1, 0.15) is 70.6 Å². The Morgan fingerprint density at radius 2 is 1.96 bits per heavy atom. The van der Waals surface area contributed by atoms with Crippen LogP contribution in [-0.2, 0) is 4.79 Å². The van der Waals surface area contributed by atoms with Gasteiger partial charge in [0.2, 0.25) is 0 Å². The van der Waals surface area contributed by atoms with Gasteiger partial charge in [-0.05, 0) is 83.5 Å². The van der Waals surface area contributed by atoms with Crippen molar-refractivity contribution >= 4 is 5.78 Å². The number of unbranched alkanes of at least 4 members (excludes halogenated alkanes) is 2. The highest BCUT2D eigenvalue weighted by Gasteiger charge is 2.43. The summed E-state index contributed by atoms with van der Waals surface area (Å²) >= 11 is 0. The van der Waals surface area contributed by atoms with Gasteiger partial charge in [-0.15, -0.1) is 0 Å². The molecule has 0 aromatic heterocycles. The largest absolute Gasteiger partial charge is 0.392 e. The van der Waals surface area contributed by atoms with Gasteiger partial charge in [0.1, 0.15) is 0 Å². The Balaban J connectivity index is 1.45. The summed E-state index contributed by atoms with van der Waals surface area (Å²) in [4.78, 5) is 14.7. The van der Waals surface area contributed by atoms with E-state index in [0.29, 0.717) is 17.6 Å². The summed E-state index contributed by atoms with van der Waals surface area (Å²) in [5.74, 6) is 1.76. The summed E-state index contributed by atoms with van der Waals surface area (Å²) < 4.78 is 0. The molecule has 0 bridgehead atoms. The highest BCUT2D eigenvalue weighted by atomic mass is 16.3. The Bertz CT molecular complexity index is 545. The number of aliphatic hydroxyl groups is 1. The molecule has 4 atom stereocenters. The molecule has 3 aliphatic rings. The first-order valence-corrected chi connectivity index (χ1v) is 11.3. The zero-order chi connectivity index (χ0) is 19.2. The zero-order valence-electron chi connectivity index (χ0n) is 17.4. The molecule has 0 spiro atoms. The molecule has 0 aromatic carbocycles. The van der Waals surface area contributed by atoms with Crippen LogP contribution in [0.4, 0.5) is 0 Å². The van der Waals surface area contributed by atoms with Gasteiger partial charge in [-0.2, -0.15) is 0 Å². The number of carbonyl (C=O) groups is 1. The Morgan fingerprint density at radius 1 is 1.19 bits per heavy atom. The molecule has 3 heteroatoms. The van der Waals surface area contributed by atoms with Gasteiger partial charge in [0.15, 0.2) is 5.78 Å². The van der Waals surface area contributed by atoms with Gasteiger partial charge in [-0.1, -0.05) is 43.4 Å². The number of aliphatic hydroxyl groups excluding tert-OH is 1. The van der Waals surface area contributed by atoms with Crippen LogP contribution in [0.15, 0.2) is 23.8 Å². The van der Waals surface area contributed by atoms with E-state index in [1.165, 1.54) is 51.5 Å². The van der Waals surface area contributed by atoms with Crippen LogP contribution in [0.2, 0.25) is 0 Å². The molecule has 3 rings (SSSR count). The van der Waals surface area contributed by atoms with Crippen molar-refractivity contribution in [2.45, 2.75) is 76.7 Å². The number of ketones is 1. The molecule has 0 aliphatic heterocycles. The summed E-state index contributed by atoms with van der Waals surface area (Å²) in [6.45, 7) is 1.18. The Kier molecular flexibility index (Phi) is 7.72. The summed E-state index contributed by atoms with van der Waals surface area (Å²) in [5, 5.41) is 10.5. The van der Waals surface area contributed by atoms with Crippen LogP contribution in [0.5, 0.6) is 0 Å². The van der Waals surface area contributed by atoms with E-state index in [1.54, 1.807) is 5.57 Å². The zero-order valence-corrected chi connectivity index (χ0v) is 17.4. The van der Waals surface area contributed by atoms with E-state index in [1.807, 2.05) is 6.08 Å². The molecule has 1 N–H and O–H groups in total. The normalized spacial score (nSPS) is 31.6. The van der Waals surface area contributed by atoms with Crippen molar-refractivity contribution in [3.63, 3.8) is 0 Å². The Hall–Kier alpha value is -0.930. The highest BCUT2D eigenvalue weighted by molar-refractivity contribution is 5.91. The highest BCUT2D eigenvalue weighted by Crippen LogP contribution is 2.48. The summed E-state index contributed by atoms with van der Waals surface area (Å²) in [7, 11) is 4.28. The van der Waals surface area contributed by atoms with Crippen LogP contribution in [0.3, 0.4) is 0 Å². The number of allylic oxidation sites excluding steroid dienone is 3. The first-order chi connectivity index (χ1) is 13.0. The van der Waals surface area contributed by atoms with Crippen LogP contribution < -0.4 is 0 Å². The van der Waals surface area contributed by atoms with Crippen LogP contribution in [0, 0.1) is 23.7 Å². The molecule has 0 amide bonds. The monoisotopic (exact) mass is 373 g/mol. The smallest absolute Gasteiger partial charge is 0.158 e. The lowest BCUT2D eigenvalue weighted by atomic mass is 9.84. The van der Waals surface area contributed by atoms with Gasteiger partial charge in [0.05, 0.1) is 6.10 Å². The maximum atomic E-state index is 12.5. The molecule has 2 saturated carbocycles. The predicted octanol–water partition coefficient (Wildman–Crippen LogP) is 4.76. The fourth-order valence-corrected chi connectivity index (χ4v) is 5.48. The number of hydrogen-bond acceptors (Lipinski definition) is 3. The summed E-state index contributed by atoms with van der Waals surface area (Å²) in [6.07, 6.45) is 18.9. The van der Waals surface area contributed by atoms with Crippen molar-refractivity contribution in [3.8, 4) is 0 Å². The molecular weight excluding hydrogens is 334 g/mol. The molecule has 27 heavy (non-hydrogen) atoms. The fraction of sp³-hybridized carbons (Fsp3) is 0.792. The second kappa shape index (κ2) is 10.0. The number of nitrogens with zero attached hydrogens (tertiary/aromatic N) is 1. The van der Waals surface area contributed by atoms with Gasteiger partial charge in [0, 0.05) is 11.8 Å². The first-order valence-electron chi connectivity index (χ1n) is 11.3. The van der Waals surface area contributed by atoms with Crippen molar-refractivity contribution in [1.82, 2.24) is 4.90 Å². The molecule has 3 aliphatic carbocycles. The second-order valence-electron chi connectivity index (χ2n) is 9.45. The maximum Gasteiger partial charge on any atom is 0.158 e. The van der Waals surface area contributed by atoms with Crippen LogP contribution in [-0.4, -0.2) is 42.5 Å². The van der Waals surface area contributed by atoms with Crippen molar-refractivity contribution in [2.24, 2.45) is 23.7 Å². The lowest BCUT2D eigenvalue weighted by Gasteiger charge is -2.20. The minimum Gasteiger partial charge on any atom is -0.392 e. The molecule has 0 radical (unpaired) electrons. The van der Waals surface area contributed by atoms with E-state index in [-0.39, 0.29) is 17.9 Å². The molecule has 0 heterocycles. The number of rotatable bonds is 9. The first kappa shape index (κ1) is 20.8. The van der Waals surface area contributed by atoms with Gasteiger partial charge in [0.25, 0.3) is 0 Å². The summed E-state index contributed by atoms with van der Waals surface area (Å²) in [6, 6.07) is 0. The van der Waals surface area contributed by atoms with Crippen molar-refractivity contribution in [2.75, 3.05) is 20.6 Å². The van der Waals surface area contributed by atoms with E-state index in [2.05, 4.69) is 31.1 Å². The fourth-order valence-electron chi connectivity index (χ4n) is 5.48. The summed E-state index contributed by atoms with van der Waals surface area (Å²) in [5.41, 5.74) is 1.60. The third kappa shape index (κ3) is 5.77. The van der Waals surface area contributed by atoms with Crippen LogP contribution >= 0.6 is 0 Å². The number of hydrogen-bond donors (Lipinski definition) is 1. The SMILES string of the molecule is CN(C)CCCCCC1=C[C@H]2C[C@@H](O)[C@H](/C=C/C(=O)C3CCCCC3)[C@H]2C1. The standard InChI is InChI=1S/C24H39NO2/c1-25(2)14-8-4-5-9-18-15-20-17-24(27)21(22(20)16-18)12-13-23(26)19-10-6-3-7-11-19/h12-13,15,19-22,24,27H,3-11,14,16-17H2,1-2H3/b13-12+/t20-,21+,22-,24+/m0/s1. The van der Waals surface area contributed by atoms with Gasteiger partial charge in [-0.25, -0.2) is 0 Å². The third-order valence-corrected chi connectivity index (χ3v) is 7.04. The molecule has 3 nitrogen and oxygen atoms in total. The molecular formula is C24H39NO2. The topological polar surface area (TPSA) is 40.5 Å². The number of fused-ring (bicyclic) bond motifs is 1. The lowest BCUT2D eigenvalue weighted by molar-refractivity contribution is -0.119. The molecule has 0 unspecified atom stereocenters. The molecule has 0 saturated heterocycles. The average Bonchev–Trinajstić information content (AvgIpc) is 3.16. The van der Waals surface area contributed by atoms with E-state index >= 15 is 0 Å². The lowest BCUT2D eigenvalue weighted by Crippen LogP contribution is -2.19. The second-order valence-corrected chi connectivity index (χ2v) is 9.45. The van der Waals surface area contributed by atoms with Crippen molar-refractivity contribution in [1.29, 1.82) is 0 Å². The predicted molar refractivity (Wildman–Crippen MR) is 112 cm³/mol. The molecule has 0 aromatic rings. The van der Waals surface area contributed by atoms with E-state index in [9.17, 15) is 9.90 Å². The van der Waals surface area contributed by atoms with Crippen molar-refractivity contribution in [3.05, 3.63) is 23.8 Å². The minimum atomic E-state index is -0.270.